The molecule has 7 heteroatoms. The number of hydrogen-bond acceptors (Lipinski definition) is 5. The van der Waals surface area contributed by atoms with Crippen LogP contribution in [0.5, 0.6) is 0 Å². The molecule has 0 unspecified atom stereocenters. The fraction of sp³-hybridized carbons (Fsp3) is 0.211. The first-order chi connectivity index (χ1) is 12.5. The van der Waals surface area contributed by atoms with E-state index in [2.05, 4.69) is 9.97 Å². The zero-order chi connectivity index (χ0) is 18.1. The summed E-state index contributed by atoms with van der Waals surface area (Å²) in [6, 6.07) is 13.0. The van der Waals surface area contributed by atoms with Gasteiger partial charge in [0.25, 0.3) is 5.91 Å². The van der Waals surface area contributed by atoms with Gasteiger partial charge in [0.1, 0.15) is 0 Å². The summed E-state index contributed by atoms with van der Waals surface area (Å²) in [7, 11) is -3.00. The van der Waals surface area contributed by atoms with Crippen LogP contribution in [0.1, 0.15) is 10.4 Å². The number of amides is 1. The van der Waals surface area contributed by atoms with E-state index in [1.165, 1.54) is 0 Å². The molecule has 0 N–H and O–H groups in total. The van der Waals surface area contributed by atoms with Crippen molar-refractivity contribution in [1.82, 2.24) is 14.9 Å². The van der Waals surface area contributed by atoms with E-state index >= 15 is 0 Å². The maximum absolute atomic E-state index is 12.6. The lowest BCUT2D eigenvalue weighted by molar-refractivity contribution is 0.0770. The Kier molecular flexibility index (Phi) is 4.16. The van der Waals surface area contributed by atoms with Crippen LogP contribution < -0.4 is 0 Å². The molecule has 26 heavy (non-hydrogen) atoms. The van der Waals surface area contributed by atoms with Crippen LogP contribution in [0.2, 0.25) is 0 Å². The molecule has 0 saturated carbocycles. The first-order valence-corrected chi connectivity index (χ1v) is 10.2. The third-order valence-corrected chi connectivity index (χ3v) is 6.18. The summed E-state index contributed by atoms with van der Waals surface area (Å²) >= 11 is 0. The molecule has 3 heterocycles. The van der Waals surface area contributed by atoms with Gasteiger partial charge in [-0.1, -0.05) is 12.1 Å². The Morgan fingerprint density at radius 3 is 2.38 bits per heavy atom. The third-order valence-electron chi connectivity index (χ3n) is 4.57. The van der Waals surface area contributed by atoms with E-state index in [9.17, 15) is 13.2 Å². The average molecular weight is 367 g/mol. The smallest absolute Gasteiger partial charge is 0.253 e. The lowest BCUT2D eigenvalue weighted by Crippen LogP contribution is -2.43. The van der Waals surface area contributed by atoms with Crippen molar-refractivity contribution >= 4 is 26.6 Å². The fourth-order valence-corrected chi connectivity index (χ4v) is 4.30. The highest BCUT2D eigenvalue weighted by molar-refractivity contribution is 7.91. The van der Waals surface area contributed by atoms with Gasteiger partial charge in [-0.3, -0.25) is 14.8 Å². The van der Waals surface area contributed by atoms with Gasteiger partial charge < -0.3 is 4.90 Å². The monoisotopic (exact) mass is 367 g/mol. The Balaban J connectivity index is 1.60. The van der Waals surface area contributed by atoms with Crippen LogP contribution >= 0.6 is 0 Å². The number of pyridine rings is 2. The predicted molar refractivity (Wildman–Crippen MR) is 99.5 cm³/mol. The molecule has 3 aromatic rings. The summed E-state index contributed by atoms with van der Waals surface area (Å²) in [6.07, 6.45) is 3.46. The molecule has 4 rings (SSSR count). The van der Waals surface area contributed by atoms with Crippen LogP contribution in [0.25, 0.3) is 22.2 Å². The minimum absolute atomic E-state index is 0.0315. The summed E-state index contributed by atoms with van der Waals surface area (Å²) in [4.78, 5) is 23.0. The number of benzene rings is 1. The SMILES string of the molecule is O=C(c1ccc(-c2nccc3ncccc23)cc1)N1CCS(=O)(=O)CC1. The highest BCUT2D eigenvalue weighted by Crippen LogP contribution is 2.25. The number of fused-ring (bicyclic) bond motifs is 1. The predicted octanol–water partition coefficient (Wildman–Crippen LogP) is 2.17. The van der Waals surface area contributed by atoms with E-state index in [4.69, 9.17) is 0 Å². The van der Waals surface area contributed by atoms with Crippen molar-refractivity contribution in [2.45, 2.75) is 0 Å². The van der Waals surface area contributed by atoms with Crippen LogP contribution in [0.4, 0.5) is 0 Å². The molecular weight excluding hydrogens is 350 g/mol. The normalized spacial score (nSPS) is 16.5. The number of nitrogens with zero attached hydrogens (tertiary/aromatic N) is 3. The molecule has 1 fully saturated rings. The highest BCUT2D eigenvalue weighted by Gasteiger charge is 2.25. The van der Waals surface area contributed by atoms with Gasteiger partial charge in [-0.2, -0.15) is 0 Å². The van der Waals surface area contributed by atoms with Gasteiger partial charge in [-0.25, -0.2) is 8.42 Å². The highest BCUT2D eigenvalue weighted by atomic mass is 32.2. The molecule has 0 radical (unpaired) electrons. The van der Waals surface area contributed by atoms with Gasteiger partial charge in [0.15, 0.2) is 9.84 Å². The maximum Gasteiger partial charge on any atom is 0.253 e. The minimum atomic E-state index is -3.00. The third kappa shape index (κ3) is 3.17. The molecule has 1 aliphatic heterocycles. The van der Waals surface area contributed by atoms with Crippen molar-refractivity contribution in [2.75, 3.05) is 24.6 Å². The molecule has 1 saturated heterocycles. The summed E-state index contributed by atoms with van der Waals surface area (Å²) in [6.45, 7) is 0.499. The van der Waals surface area contributed by atoms with E-state index in [0.29, 0.717) is 5.56 Å². The number of rotatable bonds is 2. The van der Waals surface area contributed by atoms with E-state index in [0.717, 1.165) is 22.2 Å². The maximum atomic E-state index is 12.6. The first-order valence-electron chi connectivity index (χ1n) is 8.33. The minimum Gasteiger partial charge on any atom is -0.337 e. The molecule has 6 nitrogen and oxygen atoms in total. The van der Waals surface area contributed by atoms with Crippen LogP contribution in [0.3, 0.4) is 0 Å². The second-order valence-electron chi connectivity index (χ2n) is 6.25. The van der Waals surface area contributed by atoms with Gasteiger partial charge in [0, 0.05) is 42.0 Å². The van der Waals surface area contributed by atoms with Crippen molar-refractivity contribution in [1.29, 1.82) is 0 Å². The van der Waals surface area contributed by atoms with Crippen molar-refractivity contribution in [3.05, 3.63) is 60.4 Å². The van der Waals surface area contributed by atoms with Crippen LogP contribution in [-0.2, 0) is 9.84 Å². The van der Waals surface area contributed by atoms with Crippen molar-refractivity contribution in [3.8, 4) is 11.3 Å². The second-order valence-corrected chi connectivity index (χ2v) is 8.55. The lowest BCUT2D eigenvalue weighted by atomic mass is 10.0. The lowest BCUT2D eigenvalue weighted by Gasteiger charge is -2.26. The summed E-state index contributed by atoms with van der Waals surface area (Å²) in [5, 5.41) is 0.954. The molecular formula is C19H17N3O3S. The van der Waals surface area contributed by atoms with Crippen LogP contribution in [0.15, 0.2) is 54.9 Å². The number of aromatic nitrogens is 2. The zero-order valence-corrected chi connectivity index (χ0v) is 14.8. The Labute approximate surface area is 151 Å². The molecule has 0 aliphatic carbocycles. The Morgan fingerprint density at radius 2 is 1.65 bits per heavy atom. The number of sulfone groups is 1. The van der Waals surface area contributed by atoms with E-state index < -0.39 is 9.84 Å². The van der Waals surface area contributed by atoms with Crippen molar-refractivity contribution < 1.29 is 13.2 Å². The quantitative estimate of drug-likeness (QED) is 0.693. The zero-order valence-electron chi connectivity index (χ0n) is 14.0. The second kappa shape index (κ2) is 6.49. The molecule has 1 aromatic carbocycles. The molecule has 0 bridgehead atoms. The topological polar surface area (TPSA) is 80.2 Å². The molecule has 132 valence electrons. The van der Waals surface area contributed by atoms with Gasteiger partial charge >= 0.3 is 0 Å². The molecule has 0 spiro atoms. The van der Waals surface area contributed by atoms with Gasteiger partial charge in [0.05, 0.1) is 22.7 Å². The molecule has 0 atom stereocenters. The summed E-state index contributed by atoms with van der Waals surface area (Å²) in [5.74, 6) is -0.0768. The van der Waals surface area contributed by atoms with Gasteiger partial charge in [-0.05, 0) is 30.3 Å². The molecule has 1 aliphatic rings. The van der Waals surface area contributed by atoms with E-state index in [-0.39, 0.29) is 30.5 Å². The first kappa shape index (κ1) is 16.7. The van der Waals surface area contributed by atoms with Crippen molar-refractivity contribution in [3.63, 3.8) is 0 Å². The Hall–Kier alpha value is -2.80. The van der Waals surface area contributed by atoms with E-state index in [1.54, 1.807) is 29.4 Å². The number of hydrogen-bond donors (Lipinski definition) is 0. The summed E-state index contributed by atoms with van der Waals surface area (Å²) < 4.78 is 23.0. The largest absolute Gasteiger partial charge is 0.337 e. The van der Waals surface area contributed by atoms with Crippen molar-refractivity contribution in [2.24, 2.45) is 0 Å². The Morgan fingerprint density at radius 1 is 0.923 bits per heavy atom. The van der Waals surface area contributed by atoms with Crippen LogP contribution in [-0.4, -0.2) is 53.8 Å². The Bertz CT molecular complexity index is 1060. The fourth-order valence-electron chi connectivity index (χ4n) is 3.10. The van der Waals surface area contributed by atoms with Gasteiger partial charge in [0.2, 0.25) is 0 Å². The van der Waals surface area contributed by atoms with Crippen LogP contribution in [0, 0.1) is 0 Å². The van der Waals surface area contributed by atoms with Gasteiger partial charge in [-0.15, -0.1) is 0 Å². The molecule has 1 amide bonds. The number of carbonyl (C=O) groups is 1. The number of carbonyl (C=O) groups excluding carboxylic acids is 1. The standard InChI is InChI=1S/C19H17N3O3S/c23-19(22-10-12-26(24,25)13-11-22)15-5-3-14(4-6-15)18-16-2-1-8-20-17(16)7-9-21-18/h1-9H,10-13H2. The molecule has 2 aromatic heterocycles. The average Bonchev–Trinajstić information content (AvgIpc) is 2.67. The van der Waals surface area contributed by atoms with E-state index in [1.807, 2.05) is 30.3 Å². The summed E-state index contributed by atoms with van der Waals surface area (Å²) in [5.41, 5.74) is 3.14.